The minimum Gasteiger partial charge on any atom is -0.496 e. The molecule has 0 fully saturated rings. The van der Waals surface area contributed by atoms with Crippen LogP contribution in [0.5, 0.6) is 5.75 Å². The molecule has 0 saturated heterocycles. The highest BCUT2D eigenvalue weighted by Gasteiger charge is 2.16. The van der Waals surface area contributed by atoms with Crippen LogP contribution < -0.4 is 4.74 Å². The van der Waals surface area contributed by atoms with Crippen LogP contribution in [0.2, 0.25) is 0 Å². The number of ether oxygens (including phenoxy) is 1. The molecule has 3 rings (SSSR count). The summed E-state index contributed by atoms with van der Waals surface area (Å²) in [6.45, 7) is 6.30. The lowest BCUT2D eigenvalue weighted by molar-refractivity contribution is 0.411. The van der Waals surface area contributed by atoms with Crippen molar-refractivity contribution in [3.8, 4) is 5.75 Å². The van der Waals surface area contributed by atoms with Gasteiger partial charge in [-0.2, -0.15) is 0 Å². The van der Waals surface area contributed by atoms with Crippen molar-refractivity contribution in [3.63, 3.8) is 0 Å². The van der Waals surface area contributed by atoms with Gasteiger partial charge in [0.05, 0.1) is 7.11 Å². The van der Waals surface area contributed by atoms with Crippen molar-refractivity contribution in [1.82, 2.24) is 0 Å². The maximum atomic E-state index is 5.98. The average molecular weight is 304 g/mol. The summed E-state index contributed by atoms with van der Waals surface area (Å²) in [5, 5.41) is 1.10. The van der Waals surface area contributed by atoms with Crippen molar-refractivity contribution in [3.05, 3.63) is 78.1 Å². The Kier molecular flexibility index (Phi) is 4.33. The highest BCUT2D eigenvalue weighted by atomic mass is 16.5. The molecule has 2 aromatic carbocycles. The molecule has 2 nitrogen and oxygen atoms in total. The molecule has 0 aliphatic rings. The zero-order valence-corrected chi connectivity index (χ0v) is 13.5. The van der Waals surface area contributed by atoms with E-state index in [1.165, 1.54) is 0 Å². The van der Waals surface area contributed by atoms with Gasteiger partial charge in [-0.15, -0.1) is 0 Å². The van der Waals surface area contributed by atoms with E-state index in [0.717, 1.165) is 45.6 Å². The molecule has 1 heterocycles. The van der Waals surface area contributed by atoms with Gasteiger partial charge in [-0.25, -0.2) is 0 Å². The Hall–Kier alpha value is -2.74. The fraction of sp³-hybridized carbons (Fsp3) is 0.143. The number of furan rings is 1. The first kappa shape index (κ1) is 15.2. The van der Waals surface area contributed by atoms with Crippen LogP contribution in [-0.2, 0) is 6.42 Å². The van der Waals surface area contributed by atoms with E-state index >= 15 is 0 Å². The number of methoxy groups -OCH3 is 1. The first-order valence-corrected chi connectivity index (χ1v) is 7.69. The molecular weight excluding hydrogens is 284 g/mol. The second kappa shape index (κ2) is 6.57. The van der Waals surface area contributed by atoms with E-state index < -0.39 is 0 Å². The van der Waals surface area contributed by atoms with Crippen molar-refractivity contribution in [2.45, 2.75) is 13.3 Å². The number of hydrogen-bond acceptors (Lipinski definition) is 2. The Morgan fingerprint density at radius 2 is 1.87 bits per heavy atom. The Morgan fingerprint density at radius 1 is 1.13 bits per heavy atom. The van der Waals surface area contributed by atoms with Gasteiger partial charge < -0.3 is 9.15 Å². The van der Waals surface area contributed by atoms with Gasteiger partial charge in [0, 0.05) is 17.4 Å². The second-order valence-electron chi connectivity index (χ2n) is 5.43. The van der Waals surface area contributed by atoms with Crippen LogP contribution in [0.1, 0.15) is 23.8 Å². The lowest BCUT2D eigenvalue weighted by Crippen LogP contribution is -1.94. The number of allylic oxidation sites excluding steroid dienone is 2. The van der Waals surface area contributed by atoms with Crippen LogP contribution >= 0.6 is 0 Å². The van der Waals surface area contributed by atoms with Crippen LogP contribution in [0.15, 0.2) is 65.6 Å². The predicted octanol–water partition coefficient (Wildman–Crippen LogP) is 5.73. The normalized spacial score (nSPS) is 11.2. The van der Waals surface area contributed by atoms with Crippen LogP contribution in [0.25, 0.3) is 22.6 Å². The van der Waals surface area contributed by atoms with Crippen molar-refractivity contribution in [1.29, 1.82) is 0 Å². The summed E-state index contributed by atoms with van der Waals surface area (Å²) >= 11 is 0. The average Bonchev–Trinajstić information content (AvgIpc) is 2.93. The Morgan fingerprint density at radius 3 is 2.65 bits per heavy atom. The largest absolute Gasteiger partial charge is 0.496 e. The van der Waals surface area contributed by atoms with Crippen molar-refractivity contribution in [2.75, 3.05) is 7.11 Å². The molecule has 116 valence electrons. The third-order valence-electron chi connectivity index (χ3n) is 3.89. The van der Waals surface area contributed by atoms with Crippen molar-refractivity contribution >= 4 is 22.6 Å². The number of rotatable bonds is 5. The van der Waals surface area contributed by atoms with Gasteiger partial charge >= 0.3 is 0 Å². The number of fused-ring (bicyclic) bond motifs is 1. The zero-order chi connectivity index (χ0) is 16.2. The Balaban J connectivity index is 2.05. The number of benzene rings is 2. The molecular formula is C21H20O2. The molecule has 0 atom stereocenters. The summed E-state index contributed by atoms with van der Waals surface area (Å²) in [7, 11) is 1.69. The molecule has 2 heteroatoms. The fourth-order valence-electron chi connectivity index (χ4n) is 2.87. The summed E-state index contributed by atoms with van der Waals surface area (Å²) in [6, 6.07) is 16.1. The summed E-state index contributed by atoms with van der Waals surface area (Å²) in [5.74, 6) is 1.74. The summed E-state index contributed by atoms with van der Waals surface area (Å²) in [5.41, 5.74) is 4.10. The SMILES string of the molecule is C=C(Cc1ccccc1OC)c1c(/C=C\C)oc2ccccc12. The van der Waals surface area contributed by atoms with Gasteiger partial charge in [-0.1, -0.05) is 49.1 Å². The predicted molar refractivity (Wildman–Crippen MR) is 96.7 cm³/mol. The summed E-state index contributed by atoms with van der Waals surface area (Å²) in [4.78, 5) is 0. The van der Waals surface area contributed by atoms with Crippen LogP contribution in [-0.4, -0.2) is 7.11 Å². The van der Waals surface area contributed by atoms with E-state index in [-0.39, 0.29) is 0 Å². The van der Waals surface area contributed by atoms with Crippen LogP contribution in [0.3, 0.4) is 0 Å². The minimum absolute atomic E-state index is 0.720. The molecule has 0 radical (unpaired) electrons. The molecule has 0 saturated carbocycles. The van der Waals surface area contributed by atoms with Crippen LogP contribution in [0, 0.1) is 0 Å². The van der Waals surface area contributed by atoms with Gasteiger partial charge in [0.25, 0.3) is 0 Å². The number of para-hydroxylation sites is 2. The molecule has 0 aliphatic heterocycles. The molecule has 0 unspecified atom stereocenters. The van der Waals surface area contributed by atoms with Crippen molar-refractivity contribution in [2.24, 2.45) is 0 Å². The third-order valence-corrected chi connectivity index (χ3v) is 3.89. The summed E-state index contributed by atoms with van der Waals surface area (Å²) in [6.07, 6.45) is 4.69. The van der Waals surface area contributed by atoms with Crippen molar-refractivity contribution < 1.29 is 9.15 Å². The molecule has 3 aromatic rings. The number of hydrogen-bond donors (Lipinski definition) is 0. The molecule has 1 aromatic heterocycles. The first-order chi connectivity index (χ1) is 11.2. The van der Waals surface area contributed by atoms with E-state index in [4.69, 9.17) is 9.15 Å². The lowest BCUT2D eigenvalue weighted by Gasteiger charge is -2.10. The monoisotopic (exact) mass is 304 g/mol. The highest BCUT2D eigenvalue weighted by Crippen LogP contribution is 2.34. The van der Waals surface area contributed by atoms with Gasteiger partial charge in [0.2, 0.25) is 0 Å². The first-order valence-electron chi connectivity index (χ1n) is 7.69. The Labute approximate surface area is 136 Å². The van der Waals surface area contributed by atoms with E-state index in [2.05, 4.69) is 18.7 Å². The van der Waals surface area contributed by atoms with E-state index in [1.54, 1.807) is 7.11 Å². The van der Waals surface area contributed by atoms with Gasteiger partial charge in [0.15, 0.2) is 0 Å². The molecule has 0 aliphatic carbocycles. The standard InChI is InChI=1S/C21H20O2/c1-4-9-20-21(17-11-6-8-13-19(17)23-20)15(2)14-16-10-5-7-12-18(16)22-3/h4-13H,2,14H2,1,3H3/b9-4-. The molecule has 0 spiro atoms. The molecule has 0 amide bonds. The van der Waals surface area contributed by atoms with Gasteiger partial charge in [-0.3, -0.25) is 0 Å². The van der Waals surface area contributed by atoms with E-state index in [0.29, 0.717) is 0 Å². The van der Waals surface area contributed by atoms with Gasteiger partial charge in [-0.05, 0) is 36.3 Å². The fourth-order valence-corrected chi connectivity index (χ4v) is 2.87. The zero-order valence-electron chi connectivity index (χ0n) is 13.5. The topological polar surface area (TPSA) is 22.4 Å². The maximum absolute atomic E-state index is 5.98. The third kappa shape index (κ3) is 2.93. The second-order valence-corrected chi connectivity index (χ2v) is 5.43. The molecule has 0 bridgehead atoms. The molecule has 23 heavy (non-hydrogen) atoms. The lowest BCUT2D eigenvalue weighted by atomic mass is 9.96. The van der Waals surface area contributed by atoms with E-state index in [1.807, 2.05) is 55.5 Å². The molecule has 0 N–H and O–H groups in total. The van der Waals surface area contributed by atoms with Crippen LogP contribution in [0.4, 0.5) is 0 Å². The quantitative estimate of drug-likeness (QED) is 0.600. The summed E-state index contributed by atoms with van der Waals surface area (Å²) < 4.78 is 11.4. The minimum atomic E-state index is 0.720. The van der Waals surface area contributed by atoms with E-state index in [9.17, 15) is 0 Å². The smallest absolute Gasteiger partial charge is 0.135 e. The maximum Gasteiger partial charge on any atom is 0.135 e. The highest BCUT2D eigenvalue weighted by molar-refractivity contribution is 5.94. The Bertz CT molecular complexity index is 868. The van der Waals surface area contributed by atoms with Gasteiger partial charge in [0.1, 0.15) is 17.1 Å².